The maximum atomic E-state index is 13.3. The summed E-state index contributed by atoms with van der Waals surface area (Å²) in [5.41, 5.74) is 3.78. The molecule has 30 heavy (non-hydrogen) atoms. The zero-order chi connectivity index (χ0) is 21.6. The van der Waals surface area contributed by atoms with Gasteiger partial charge < -0.3 is 4.90 Å². The van der Waals surface area contributed by atoms with Crippen LogP contribution >= 0.6 is 0 Å². The minimum atomic E-state index is -3.66. The number of carbonyl (C=O) groups is 1. The van der Waals surface area contributed by atoms with Crippen molar-refractivity contribution >= 4 is 15.9 Å². The summed E-state index contributed by atoms with van der Waals surface area (Å²) in [7, 11) is -3.66. The lowest BCUT2D eigenvalue weighted by Gasteiger charge is -2.34. The summed E-state index contributed by atoms with van der Waals surface area (Å²) in [6, 6.07) is 0.0851. The smallest absolute Gasteiger partial charge is 0.274 e. The summed E-state index contributed by atoms with van der Waals surface area (Å²) in [6.45, 7) is 8.75. The number of aromatic nitrogens is 4. The monoisotopic (exact) mass is 434 g/mol. The van der Waals surface area contributed by atoms with Crippen LogP contribution in [0, 0.1) is 13.8 Å². The van der Waals surface area contributed by atoms with Crippen molar-refractivity contribution in [1.82, 2.24) is 29.2 Å². The molecule has 0 unspecified atom stereocenters. The van der Waals surface area contributed by atoms with Crippen LogP contribution in [-0.2, 0) is 22.9 Å². The third-order valence-corrected chi connectivity index (χ3v) is 8.28. The Kier molecular flexibility index (Phi) is 5.48. The van der Waals surface area contributed by atoms with Crippen molar-refractivity contribution in [2.24, 2.45) is 0 Å². The highest BCUT2D eigenvalue weighted by atomic mass is 32.2. The molecule has 0 saturated carbocycles. The second-order valence-corrected chi connectivity index (χ2v) is 10.3. The molecule has 0 bridgehead atoms. The average Bonchev–Trinajstić information content (AvgIpc) is 3.28. The number of carbonyl (C=O) groups excluding carboxylic acids is 1. The molecule has 1 fully saturated rings. The molecule has 2 aromatic heterocycles. The van der Waals surface area contributed by atoms with E-state index in [0.717, 1.165) is 36.9 Å². The summed E-state index contributed by atoms with van der Waals surface area (Å²) < 4.78 is 29.9. The second kappa shape index (κ2) is 7.81. The number of hydrogen-bond donors (Lipinski definition) is 1. The zero-order valence-corrected chi connectivity index (χ0v) is 18.9. The first-order valence-corrected chi connectivity index (χ1v) is 12.1. The predicted molar refractivity (Wildman–Crippen MR) is 112 cm³/mol. The number of nitrogens with zero attached hydrogens (tertiary/aromatic N) is 5. The first kappa shape index (κ1) is 21.0. The lowest BCUT2D eigenvalue weighted by molar-refractivity contribution is 0.0690. The minimum Gasteiger partial charge on any atom is -0.335 e. The number of nitrogens with one attached hydrogen (secondary N) is 1. The Hall–Kier alpha value is -2.20. The van der Waals surface area contributed by atoms with Crippen LogP contribution in [0.25, 0.3) is 0 Å². The molecule has 2 aliphatic rings. The van der Waals surface area contributed by atoms with Gasteiger partial charge in [-0.25, -0.2) is 8.42 Å². The second-order valence-electron chi connectivity index (χ2n) is 8.47. The highest BCUT2D eigenvalue weighted by Gasteiger charge is 2.35. The fourth-order valence-corrected chi connectivity index (χ4v) is 6.38. The van der Waals surface area contributed by atoms with E-state index in [1.165, 1.54) is 4.31 Å². The van der Waals surface area contributed by atoms with Gasteiger partial charge in [0.1, 0.15) is 4.90 Å². The van der Waals surface area contributed by atoms with Crippen LogP contribution in [0.15, 0.2) is 4.90 Å². The number of hydrogen-bond acceptors (Lipinski definition) is 5. The van der Waals surface area contributed by atoms with Crippen LogP contribution in [-0.4, -0.2) is 69.7 Å². The van der Waals surface area contributed by atoms with E-state index in [4.69, 9.17) is 0 Å². The maximum Gasteiger partial charge on any atom is 0.274 e. The molecule has 164 valence electrons. The molecular weight excluding hydrogens is 404 g/mol. The Balaban J connectivity index is 1.49. The number of H-pyrrole nitrogens is 1. The summed E-state index contributed by atoms with van der Waals surface area (Å²) in [5, 5.41) is 11.7. The lowest BCUT2D eigenvalue weighted by Crippen LogP contribution is -2.50. The Bertz CT molecular complexity index is 1060. The number of aryl methyl sites for hydroxylation is 2. The number of aromatic amines is 1. The SMILES string of the molecule is Cc1nn(C(C)C)c(C)c1S(=O)(=O)N1CCN(C(=O)c2n[nH]c3c2CCCC3)CC1. The van der Waals surface area contributed by atoms with Gasteiger partial charge in [0.15, 0.2) is 5.69 Å². The number of piperazine rings is 1. The van der Waals surface area contributed by atoms with Gasteiger partial charge >= 0.3 is 0 Å². The Labute approximate surface area is 177 Å². The molecule has 2 aromatic rings. The van der Waals surface area contributed by atoms with Gasteiger partial charge in [0.25, 0.3) is 5.91 Å². The van der Waals surface area contributed by atoms with Crippen molar-refractivity contribution in [2.45, 2.75) is 64.3 Å². The standard InChI is InChI=1S/C20H30N6O3S/c1-13(2)26-15(4)19(14(3)23-26)30(28,29)25-11-9-24(10-12-25)20(27)18-16-7-5-6-8-17(16)21-22-18/h13H,5-12H2,1-4H3,(H,21,22). The summed E-state index contributed by atoms with van der Waals surface area (Å²) in [4.78, 5) is 15.0. The molecule has 0 aromatic carbocycles. The van der Waals surface area contributed by atoms with Crippen LogP contribution in [0.4, 0.5) is 0 Å². The molecule has 1 N–H and O–H groups in total. The van der Waals surface area contributed by atoms with Crippen molar-refractivity contribution in [3.63, 3.8) is 0 Å². The normalized spacial score (nSPS) is 18.1. The van der Waals surface area contributed by atoms with Gasteiger partial charge in [0.05, 0.1) is 11.4 Å². The largest absolute Gasteiger partial charge is 0.335 e. The molecule has 1 saturated heterocycles. The van der Waals surface area contributed by atoms with Gasteiger partial charge in [-0.15, -0.1) is 0 Å². The van der Waals surface area contributed by atoms with Crippen molar-refractivity contribution in [3.05, 3.63) is 28.3 Å². The average molecular weight is 435 g/mol. The first-order chi connectivity index (χ1) is 14.2. The summed E-state index contributed by atoms with van der Waals surface area (Å²) in [5.74, 6) is -0.105. The van der Waals surface area contributed by atoms with Crippen LogP contribution in [0.1, 0.15) is 65.9 Å². The van der Waals surface area contributed by atoms with E-state index in [0.29, 0.717) is 30.2 Å². The van der Waals surface area contributed by atoms with E-state index in [1.54, 1.807) is 23.4 Å². The van der Waals surface area contributed by atoms with E-state index in [9.17, 15) is 13.2 Å². The van der Waals surface area contributed by atoms with Crippen LogP contribution in [0.2, 0.25) is 0 Å². The molecule has 4 rings (SSSR count). The highest BCUT2D eigenvalue weighted by Crippen LogP contribution is 2.27. The van der Waals surface area contributed by atoms with Crippen molar-refractivity contribution in [3.8, 4) is 0 Å². The van der Waals surface area contributed by atoms with Gasteiger partial charge in [-0.3, -0.25) is 14.6 Å². The van der Waals surface area contributed by atoms with Gasteiger partial charge in [-0.2, -0.15) is 14.5 Å². The van der Waals surface area contributed by atoms with Gasteiger partial charge in [0, 0.05) is 43.5 Å². The van der Waals surface area contributed by atoms with Crippen molar-refractivity contribution in [2.75, 3.05) is 26.2 Å². The fourth-order valence-electron chi connectivity index (χ4n) is 4.59. The predicted octanol–water partition coefficient (Wildman–Crippen LogP) is 1.83. The molecule has 1 aliphatic heterocycles. The van der Waals surface area contributed by atoms with E-state index >= 15 is 0 Å². The van der Waals surface area contributed by atoms with Crippen LogP contribution in [0.3, 0.4) is 0 Å². The summed E-state index contributed by atoms with van der Waals surface area (Å²) >= 11 is 0. The number of rotatable bonds is 4. The van der Waals surface area contributed by atoms with E-state index < -0.39 is 10.0 Å². The Morgan fingerprint density at radius 1 is 1.07 bits per heavy atom. The molecule has 3 heterocycles. The van der Waals surface area contributed by atoms with Gasteiger partial charge in [-0.1, -0.05) is 0 Å². The Morgan fingerprint density at radius 3 is 2.37 bits per heavy atom. The third-order valence-electron chi connectivity index (χ3n) is 6.13. The molecule has 1 amide bonds. The van der Waals surface area contributed by atoms with Crippen molar-refractivity contribution < 1.29 is 13.2 Å². The van der Waals surface area contributed by atoms with E-state index in [1.807, 2.05) is 13.8 Å². The van der Waals surface area contributed by atoms with E-state index in [2.05, 4.69) is 15.3 Å². The highest BCUT2D eigenvalue weighted by molar-refractivity contribution is 7.89. The van der Waals surface area contributed by atoms with E-state index in [-0.39, 0.29) is 29.9 Å². The number of fused-ring (bicyclic) bond motifs is 1. The third kappa shape index (κ3) is 3.45. The molecular formula is C20H30N6O3S. The topological polar surface area (TPSA) is 104 Å². The van der Waals surface area contributed by atoms with Crippen LogP contribution in [0.5, 0.6) is 0 Å². The lowest BCUT2D eigenvalue weighted by atomic mass is 9.95. The maximum absolute atomic E-state index is 13.3. The minimum absolute atomic E-state index is 0.0851. The van der Waals surface area contributed by atoms with Gasteiger partial charge in [-0.05, 0) is 53.4 Å². The fraction of sp³-hybridized carbons (Fsp3) is 0.650. The molecule has 10 heteroatoms. The summed E-state index contributed by atoms with van der Waals surface area (Å²) in [6.07, 6.45) is 4.00. The number of amides is 1. The number of sulfonamides is 1. The van der Waals surface area contributed by atoms with Crippen LogP contribution < -0.4 is 0 Å². The molecule has 1 aliphatic carbocycles. The molecule has 0 radical (unpaired) electrons. The zero-order valence-electron chi connectivity index (χ0n) is 18.1. The quantitative estimate of drug-likeness (QED) is 0.791. The first-order valence-electron chi connectivity index (χ1n) is 10.6. The molecule has 0 spiro atoms. The molecule has 0 atom stereocenters. The van der Waals surface area contributed by atoms with Crippen molar-refractivity contribution in [1.29, 1.82) is 0 Å². The Morgan fingerprint density at radius 2 is 1.73 bits per heavy atom. The molecule has 9 nitrogen and oxygen atoms in total. The van der Waals surface area contributed by atoms with Gasteiger partial charge in [0.2, 0.25) is 10.0 Å².